The van der Waals surface area contributed by atoms with E-state index >= 15 is 0 Å². The Morgan fingerprint density at radius 2 is 1.36 bits per heavy atom. The lowest BCUT2D eigenvalue weighted by Gasteiger charge is -2.35. The molecule has 4 fully saturated rings. The molecule has 2 atom stereocenters. The normalized spacial score (nSPS) is 19.7. The van der Waals surface area contributed by atoms with Gasteiger partial charge < -0.3 is 20.9 Å². The molecule has 4 bridgehead atoms. The van der Waals surface area contributed by atoms with Crippen molar-refractivity contribution in [2.24, 2.45) is 11.8 Å². The Balaban J connectivity index is 0.000000139. The number of fused-ring (bicyclic) bond motifs is 8. The van der Waals surface area contributed by atoms with Crippen LogP contribution in [0.3, 0.4) is 0 Å². The standard InChI is InChI=1S/C21H22ClN5O2.C15H19N3O.C5H5ClN2/c22-14-4-8-19(23-11-14)25-21(29)27-15-9-10-26(12-15)17-6-5-16(24-20(17)27)18(28)7-3-13-1-2-13;19-14(6-3-10-1-2-10)12-4-5-13-15(17-12)16-11-7-8-18(13)9-11;6-4-1-2-5(7)8-3-4/h4-6,8,11,13,15H,1-3,7,9-10,12H2,(H,23,25,29);4-5,10-11H,1-3,6-9H2,(H,16,17);1-3H,(H2,7,8)/t15-;11-;/m00./s1. The lowest BCUT2D eigenvalue weighted by Crippen LogP contribution is -2.48. The third-order valence-electron chi connectivity index (χ3n) is 11.2. The Kier molecular flexibility index (Phi) is 11.2. The molecule has 2 saturated heterocycles. The van der Waals surface area contributed by atoms with Gasteiger partial charge in [0, 0.05) is 57.5 Å². The number of amides is 2. The van der Waals surface area contributed by atoms with Gasteiger partial charge in [-0.1, -0.05) is 48.9 Å². The Morgan fingerprint density at radius 1 is 0.732 bits per heavy atom. The van der Waals surface area contributed by atoms with Crippen LogP contribution in [0.4, 0.5) is 39.4 Å². The van der Waals surface area contributed by atoms with Crippen molar-refractivity contribution in [3.8, 4) is 0 Å². The molecule has 6 aliphatic rings. The minimum atomic E-state index is -0.289. The van der Waals surface area contributed by atoms with E-state index in [1.54, 1.807) is 35.2 Å². The number of rotatable bonds is 9. The summed E-state index contributed by atoms with van der Waals surface area (Å²) in [6, 6.07) is 14.6. The summed E-state index contributed by atoms with van der Waals surface area (Å²) in [5.41, 5.74) is 8.39. The molecule has 56 heavy (non-hydrogen) atoms. The van der Waals surface area contributed by atoms with Crippen LogP contribution in [0.5, 0.6) is 0 Å². The molecule has 292 valence electrons. The number of nitrogens with zero attached hydrogens (tertiary/aromatic N) is 7. The van der Waals surface area contributed by atoms with Crippen LogP contribution in [0.25, 0.3) is 0 Å². The fourth-order valence-electron chi connectivity index (χ4n) is 7.63. The summed E-state index contributed by atoms with van der Waals surface area (Å²) in [6.45, 7) is 3.81. The molecular formula is C41H46Cl2N10O3. The number of nitrogens with two attached hydrogens (primary N) is 1. The van der Waals surface area contributed by atoms with Crippen LogP contribution in [0.2, 0.25) is 10.0 Å². The maximum absolute atomic E-state index is 13.1. The molecule has 13 nitrogen and oxygen atoms in total. The minimum absolute atomic E-state index is 0.0270. The number of ketones is 2. The van der Waals surface area contributed by atoms with Gasteiger partial charge in [0.2, 0.25) is 0 Å². The molecule has 15 heteroatoms. The lowest BCUT2D eigenvalue weighted by atomic mass is 10.1. The number of nitrogen functional groups attached to an aromatic ring is 1. The Hall–Kier alpha value is -5.01. The number of carbonyl (C=O) groups excluding carboxylic acids is 3. The lowest BCUT2D eigenvalue weighted by molar-refractivity contribution is 0.0965. The van der Waals surface area contributed by atoms with E-state index in [9.17, 15) is 14.4 Å². The van der Waals surface area contributed by atoms with Gasteiger partial charge in [-0.05, 0) is 86.1 Å². The van der Waals surface area contributed by atoms with Crippen molar-refractivity contribution in [3.63, 3.8) is 0 Å². The summed E-state index contributed by atoms with van der Waals surface area (Å²) in [6.07, 6.45) is 13.3. The predicted molar refractivity (Wildman–Crippen MR) is 220 cm³/mol. The van der Waals surface area contributed by atoms with Gasteiger partial charge in [-0.15, -0.1) is 0 Å². The molecule has 4 N–H and O–H groups in total. The van der Waals surface area contributed by atoms with Crippen molar-refractivity contribution in [3.05, 3.63) is 82.4 Å². The first-order valence-corrected chi connectivity index (χ1v) is 20.4. The highest BCUT2D eigenvalue weighted by Gasteiger charge is 2.41. The monoisotopic (exact) mass is 796 g/mol. The van der Waals surface area contributed by atoms with Crippen LogP contribution in [-0.2, 0) is 0 Å². The van der Waals surface area contributed by atoms with Gasteiger partial charge in [0.05, 0.1) is 27.5 Å². The Bertz CT molecular complexity index is 2060. The summed E-state index contributed by atoms with van der Waals surface area (Å²) in [7, 11) is 0. The molecule has 0 unspecified atom stereocenters. The maximum atomic E-state index is 13.1. The number of carbonyl (C=O) groups is 3. The second kappa shape index (κ2) is 16.6. The molecule has 10 rings (SSSR count). The second-order valence-electron chi connectivity index (χ2n) is 15.4. The molecule has 0 spiro atoms. The summed E-state index contributed by atoms with van der Waals surface area (Å²) in [4.78, 5) is 61.2. The van der Waals surface area contributed by atoms with Crippen molar-refractivity contribution >= 4 is 75.4 Å². The summed E-state index contributed by atoms with van der Waals surface area (Å²) in [5, 5.41) is 7.41. The quantitative estimate of drug-likeness (QED) is 0.141. The Labute approximate surface area is 336 Å². The summed E-state index contributed by atoms with van der Waals surface area (Å²) in [5.74, 6) is 4.15. The average Bonchev–Trinajstić information content (AvgIpc) is 4.15. The van der Waals surface area contributed by atoms with Crippen LogP contribution in [0.1, 0.15) is 85.2 Å². The van der Waals surface area contributed by atoms with Crippen molar-refractivity contribution in [2.45, 2.75) is 76.3 Å². The van der Waals surface area contributed by atoms with Crippen molar-refractivity contribution < 1.29 is 14.4 Å². The molecule has 2 aliphatic carbocycles. The molecule has 4 aromatic rings. The molecule has 2 amide bonds. The number of nitrogens with one attached hydrogen (secondary N) is 2. The van der Waals surface area contributed by atoms with Crippen molar-refractivity contribution in [1.29, 1.82) is 0 Å². The molecule has 0 radical (unpaired) electrons. The van der Waals surface area contributed by atoms with Crippen molar-refractivity contribution in [1.82, 2.24) is 19.9 Å². The maximum Gasteiger partial charge on any atom is 0.329 e. The van der Waals surface area contributed by atoms with Gasteiger partial charge in [0.15, 0.2) is 23.2 Å². The van der Waals surface area contributed by atoms with E-state index in [1.165, 1.54) is 44.5 Å². The van der Waals surface area contributed by atoms with Gasteiger partial charge in [0.1, 0.15) is 23.0 Å². The zero-order chi connectivity index (χ0) is 38.8. The van der Waals surface area contributed by atoms with Gasteiger partial charge in [-0.3, -0.25) is 19.8 Å². The molecule has 4 aromatic heterocycles. The number of hydrogen-bond acceptors (Lipinski definition) is 11. The molecule has 2 saturated carbocycles. The van der Waals surface area contributed by atoms with Crippen LogP contribution < -0.4 is 31.1 Å². The highest BCUT2D eigenvalue weighted by molar-refractivity contribution is 6.30. The SMILES string of the molecule is Nc1ccc(Cl)cn1.O=C(CCC1CC1)c1ccc2c(n1)N(C(=O)Nc1ccc(Cl)cn1)[C@H]1CCN2C1.O=C(CCC1CC1)c1ccc2c(n1)N[C@H]1CCN2C1. The molecule has 0 aromatic carbocycles. The molecule has 8 heterocycles. The molecule has 4 aliphatic heterocycles. The van der Waals surface area contributed by atoms with Gasteiger partial charge in [0.25, 0.3) is 0 Å². The smallest absolute Gasteiger partial charge is 0.329 e. The number of hydrogen-bond donors (Lipinski definition) is 3. The zero-order valence-electron chi connectivity index (χ0n) is 31.2. The van der Waals surface area contributed by atoms with E-state index in [1.807, 2.05) is 12.1 Å². The third kappa shape index (κ3) is 9.16. The number of halogens is 2. The summed E-state index contributed by atoms with van der Waals surface area (Å²) < 4.78 is 0. The molecular weight excluding hydrogens is 751 g/mol. The second-order valence-corrected chi connectivity index (χ2v) is 16.3. The highest BCUT2D eigenvalue weighted by atomic mass is 35.5. The zero-order valence-corrected chi connectivity index (χ0v) is 32.7. The number of urea groups is 1. The van der Waals surface area contributed by atoms with E-state index in [-0.39, 0.29) is 23.6 Å². The van der Waals surface area contributed by atoms with Crippen LogP contribution >= 0.6 is 23.2 Å². The average molecular weight is 798 g/mol. The third-order valence-corrected chi connectivity index (χ3v) is 11.6. The van der Waals surface area contributed by atoms with E-state index < -0.39 is 0 Å². The number of anilines is 6. The first kappa shape index (κ1) is 37.9. The van der Waals surface area contributed by atoms with E-state index in [2.05, 4.69) is 46.4 Å². The first-order valence-electron chi connectivity index (χ1n) is 19.6. The number of Topliss-reactive ketones (excluding diaryl/α,β-unsaturated/α-hetero) is 2. The first-order chi connectivity index (χ1) is 27.2. The highest BCUT2D eigenvalue weighted by Crippen LogP contribution is 2.40. The van der Waals surface area contributed by atoms with Gasteiger partial charge in [-0.2, -0.15) is 0 Å². The predicted octanol–water partition coefficient (Wildman–Crippen LogP) is 7.91. The largest absolute Gasteiger partial charge is 0.384 e. The number of aromatic nitrogens is 4. The fraction of sp³-hybridized carbons (Fsp3) is 0.439. The van der Waals surface area contributed by atoms with Crippen LogP contribution in [0.15, 0.2) is 60.9 Å². The van der Waals surface area contributed by atoms with E-state index in [0.717, 1.165) is 68.6 Å². The van der Waals surface area contributed by atoms with Gasteiger partial charge in [-0.25, -0.2) is 24.7 Å². The Morgan fingerprint density at radius 3 is 1.98 bits per heavy atom. The van der Waals surface area contributed by atoms with Gasteiger partial charge >= 0.3 is 6.03 Å². The minimum Gasteiger partial charge on any atom is -0.384 e. The van der Waals surface area contributed by atoms with E-state index in [4.69, 9.17) is 28.9 Å². The van der Waals surface area contributed by atoms with E-state index in [0.29, 0.717) is 63.7 Å². The van der Waals surface area contributed by atoms with Crippen LogP contribution in [-0.4, -0.2) is 75.8 Å². The fourth-order valence-corrected chi connectivity index (χ4v) is 7.86. The van der Waals surface area contributed by atoms with Crippen LogP contribution in [0, 0.1) is 11.8 Å². The summed E-state index contributed by atoms with van der Waals surface area (Å²) >= 11 is 11.4. The topological polar surface area (TPSA) is 163 Å². The number of pyridine rings is 4. The van der Waals surface area contributed by atoms with Crippen molar-refractivity contribution in [2.75, 3.05) is 57.2 Å².